The number of rotatable bonds is 3. The van der Waals surface area contributed by atoms with Gasteiger partial charge in [0.05, 0.1) is 18.9 Å². The third-order valence-electron chi connectivity index (χ3n) is 4.93. The fraction of sp³-hybridized carbons (Fsp3) is 0.474. The minimum absolute atomic E-state index is 0.104. The van der Waals surface area contributed by atoms with Crippen molar-refractivity contribution in [2.45, 2.75) is 6.54 Å². The number of urea groups is 1. The van der Waals surface area contributed by atoms with Crippen molar-refractivity contribution < 1.29 is 18.3 Å². The van der Waals surface area contributed by atoms with Crippen LogP contribution >= 0.6 is 0 Å². The molecule has 144 valence electrons. The molecular formula is C19H23FN4O3. The maximum atomic E-state index is 13.3. The topological polar surface area (TPSA) is 62.1 Å². The third kappa shape index (κ3) is 4.28. The van der Waals surface area contributed by atoms with Gasteiger partial charge in [0, 0.05) is 51.4 Å². The average Bonchev–Trinajstić information content (AvgIpc) is 3.17. The zero-order valence-electron chi connectivity index (χ0n) is 15.1. The number of hydrogen-bond acceptors (Lipinski definition) is 5. The molecule has 0 spiro atoms. The van der Waals surface area contributed by atoms with Crippen LogP contribution in [0.4, 0.5) is 9.18 Å². The number of oxazole rings is 1. The maximum absolute atomic E-state index is 13.3. The molecule has 0 bridgehead atoms. The van der Waals surface area contributed by atoms with Crippen molar-refractivity contribution in [3.63, 3.8) is 0 Å². The summed E-state index contributed by atoms with van der Waals surface area (Å²) < 4.78 is 24.2. The molecule has 27 heavy (non-hydrogen) atoms. The molecule has 7 nitrogen and oxygen atoms in total. The van der Waals surface area contributed by atoms with Crippen molar-refractivity contribution >= 4 is 6.03 Å². The van der Waals surface area contributed by atoms with Crippen molar-refractivity contribution in [1.29, 1.82) is 0 Å². The first-order chi connectivity index (χ1) is 13.2. The minimum atomic E-state index is -0.312. The predicted molar refractivity (Wildman–Crippen MR) is 96.5 cm³/mol. The molecule has 2 aliphatic heterocycles. The van der Waals surface area contributed by atoms with Crippen molar-refractivity contribution in [3.8, 4) is 11.5 Å². The van der Waals surface area contributed by atoms with Crippen LogP contribution in [0.1, 0.15) is 5.69 Å². The van der Waals surface area contributed by atoms with Gasteiger partial charge < -0.3 is 19.0 Å². The Labute approximate surface area is 157 Å². The number of amides is 2. The molecule has 1 aromatic carbocycles. The molecule has 8 heteroatoms. The fourth-order valence-electron chi connectivity index (χ4n) is 3.41. The van der Waals surface area contributed by atoms with Crippen molar-refractivity contribution in [3.05, 3.63) is 42.0 Å². The van der Waals surface area contributed by atoms with E-state index in [9.17, 15) is 9.18 Å². The molecule has 2 fully saturated rings. The van der Waals surface area contributed by atoms with Gasteiger partial charge in [-0.25, -0.2) is 14.2 Å². The van der Waals surface area contributed by atoms with Crippen molar-refractivity contribution in [1.82, 2.24) is 19.7 Å². The number of benzene rings is 1. The summed E-state index contributed by atoms with van der Waals surface area (Å²) in [5.41, 5.74) is 1.43. The number of nitrogens with zero attached hydrogens (tertiary/aromatic N) is 4. The first kappa shape index (κ1) is 17.9. The first-order valence-corrected chi connectivity index (χ1v) is 9.23. The largest absolute Gasteiger partial charge is 0.444 e. The SMILES string of the molecule is O=C(N1CCOCC1)N1CCN(Cc2coc(-c3cccc(F)c3)n2)CC1. The Morgan fingerprint density at radius 1 is 1.07 bits per heavy atom. The zero-order chi connectivity index (χ0) is 18.6. The predicted octanol–water partition coefficient (Wildman–Crippen LogP) is 2.05. The number of morpholine rings is 1. The molecule has 2 saturated heterocycles. The standard InChI is InChI=1S/C19H23FN4O3/c20-16-3-1-2-15(12-16)18-21-17(14-27-18)13-22-4-6-23(7-5-22)19(25)24-8-10-26-11-9-24/h1-3,12,14H,4-11,13H2. The van der Waals surface area contributed by atoms with Gasteiger partial charge in [-0.3, -0.25) is 4.90 Å². The van der Waals surface area contributed by atoms with Crippen LogP contribution in [-0.4, -0.2) is 78.2 Å². The summed E-state index contributed by atoms with van der Waals surface area (Å²) in [6.07, 6.45) is 1.62. The van der Waals surface area contributed by atoms with Crippen LogP contribution in [0.2, 0.25) is 0 Å². The highest BCUT2D eigenvalue weighted by Gasteiger charge is 2.26. The normalized spacial score (nSPS) is 18.7. The summed E-state index contributed by atoms with van der Waals surface area (Å²) in [6, 6.07) is 6.32. The molecule has 0 saturated carbocycles. The lowest BCUT2D eigenvalue weighted by Crippen LogP contribution is -2.54. The Balaban J connectivity index is 1.30. The van der Waals surface area contributed by atoms with Crippen molar-refractivity contribution in [2.24, 2.45) is 0 Å². The second-order valence-electron chi connectivity index (χ2n) is 6.80. The zero-order valence-corrected chi connectivity index (χ0v) is 15.1. The number of carbonyl (C=O) groups excluding carboxylic acids is 1. The van der Waals surface area contributed by atoms with Crippen LogP contribution < -0.4 is 0 Å². The van der Waals surface area contributed by atoms with Gasteiger partial charge in [0.1, 0.15) is 12.1 Å². The van der Waals surface area contributed by atoms with E-state index in [1.165, 1.54) is 12.1 Å². The average molecular weight is 374 g/mol. The second kappa shape index (κ2) is 8.06. The van der Waals surface area contributed by atoms with Gasteiger partial charge in [-0.1, -0.05) is 6.07 Å². The first-order valence-electron chi connectivity index (χ1n) is 9.23. The van der Waals surface area contributed by atoms with Gasteiger partial charge in [0.15, 0.2) is 0 Å². The van der Waals surface area contributed by atoms with E-state index in [2.05, 4.69) is 9.88 Å². The molecule has 0 aliphatic carbocycles. The Kier molecular flexibility index (Phi) is 5.35. The summed E-state index contributed by atoms with van der Waals surface area (Å²) in [7, 11) is 0. The molecule has 0 atom stereocenters. The molecule has 0 unspecified atom stereocenters. The van der Waals surface area contributed by atoms with Crippen LogP contribution in [0, 0.1) is 5.82 Å². The molecule has 0 N–H and O–H groups in total. The molecular weight excluding hydrogens is 351 g/mol. The van der Waals surface area contributed by atoms with Gasteiger partial charge in [-0.2, -0.15) is 0 Å². The monoisotopic (exact) mass is 374 g/mol. The van der Waals surface area contributed by atoms with E-state index in [1.807, 2.05) is 9.80 Å². The van der Waals surface area contributed by atoms with Crippen LogP contribution in [0.3, 0.4) is 0 Å². The number of piperazine rings is 1. The van der Waals surface area contributed by atoms with Gasteiger partial charge >= 0.3 is 6.03 Å². The number of aromatic nitrogens is 1. The van der Waals surface area contributed by atoms with E-state index in [1.54, 1.807) is 18.4 Å². The van der Waals surface area contributed by atoms with E-state index in [0.717, 1.165) is 18.8 Å². The van der Waals surface area contributed by atoms with Crippen molar-refractivity contribution in [2.75, 3.05) is 52.5 Å². The van der Waals surface area contributed by atoms with Gasteiger partial charge in [-0.05, 0) is 18.2 Å². The molecule has 2 aliphatic rings. The lowest BCUT2D eigenvalue weighted by molar-refractivity contribution is 0.0372. The van der Waals surface area contributed by atoms with E-state index in [0.29, 0.717) is 57.4 Å². The van der Waals surface area contributed by atoms with E-state index < -0.39 is 0 Å². The summed E-state index contributed by atoms with van der Waals surface area (Å²) in [5, 5.41) is 0. The lowest BCUT2D eigenvalue weighted by Gasteiger charge is -2.38. The summed E-state index contributed by atoms with van der Waals surface area (Å²) >= 11 is 0. The molecule has 1 aromatic heterocycles. The van der Waals surface area contributed by atoms with Gasteiger partial charge in [0.2, 0.25) is 5.89 Å². The molecule has 3 heterocycles. The molecule has 2 aromatic rings. The van der Waals surface area contributed by atoms with Gasteiger partial charge in [0.25, 0.3) is 0 Å². The Morgan fingerprint density at radius 2 is 1.81 bits per heavy atom. The highest BCUT2D eigenvalue weighted by Crippen LogP contribution is 2.20. The summed E-state index contributed by atoms with van der Waals surface area (Å²) in [4.78, 5) is 23.0. The quantitative estimate of drug-likeness (QED) is 0.823. The fourth-order valence-corrected chi connectivity index (χ4v) is 3.41. The Morgan fingerprint density at radius 3 is 2.56 bits per heavy atom. The Bertz CT molecular complexity index is 783. The van der Waals surface area contributed by atoms with Crippen LogP contribution in [0.15, 0.2) is 34.9 Å². The smallest absolute Gasteiger partial charge is 0.320 e. The van der Waals surface area contributed by atoms with Crippen LogP contribution in [-0.2, 0) is 11.3 Å². The molecule has 0 radical (unpaired) electrons. The maximum Gasteiger partial charge on any atom is 0.320 e. The van der Waals surface area contributed by atoms with E-state index >= 15 is 0 Å². The number of hydrogen-bond donors (Lipinski definition) is 0. The van der Waals surface area contributed by atoms with Crippen LogP contribution in [0.5, 0.6) is 0 Å². The van der Waals surface area contributed by atoms with Gasteiger partial charge in [-0.15, -0.1) is 0 Å². The third-order valence-corrected chi connectivity index (χ3v) is 4.93. The second-order valence-corrected chi connectivity index (χ2v) is 6.80. The highest BCUT2D eigenvalue weighted by molar-refractivity contribution is 5.74. The summed E-state index contributed by atoms with van der Waals surface area (Å²) in [5.74, 6) is 0.110. The van der Waals surface area contributed by atoms with Crippen LogP contribution in [0.25, 0.3) is 11.5 Å². The lowest BCUT2D eigenvalue weighted by atomic mass is 10.2. The number of ether oxygens (including phenoxy) is 1. The summed E-state index contributed by atoms with van der Waals surface area (Å²) in [6.45, 7) is 6.20. The van der Waals surface area contributed by atoms with E-state index in [-0.39, 0.29) is 11.8 Å². The number of halogens is 1. The minimum Gasteiger partial charge on any atom is -0.444 e. The molecule has 4 rings (SSSR count). The molecule has 2 amide bonds. The highest BCUT2D eigenvalue weighted by atomic mass is 19.1. The van der Waals surface area contributed by atoms with E-state index in [4.69, 9.17) is 9.15 Å². The Hall–Kier alpha value is -2.45. The number of carbonyl (C=O) groups is 1.